The summed E-state index contributed by atoms with van der Waals surface area (Å²) in [4.78, 5) is 8.28. The normalized spacial score (nSPS) is 12.4. The Morgan fingerprint density at radius 1 is 1.24 bits per heavy atom. The maximum Gasteiger partial charge on any atom is 0.0515 e. The number of nitrogens with zero attached hydrogens (tertiary/aromatic N) is 2. The molecule has 4 nitrogen and oxygen atoms in total. The molecule has 0 aliphatic rings. The molecule has 2 aromatic heterocycles. The third-order valence-corrected chi connectivity index (χ3v) is 2.73. The molecule has 0 fully saturated rings. The lowest BCUT2D eigenvalue weighted by Gasteiger charge is -2.16. The van der Waals surface area contributed by atoms with E-state index in [9.17, 15) is 0 Å². The van der Waals surface area contributed by atoms with Gasteiger partial charge in [0.05, 0.1) is 6.04 Å². The van der Waals surface area contributed by atoms with Gasteiger partial charge in [-0.05, 0) is 42.7 Å². The highest BCUT2D eigenvalue weighted by Crippen LogP contribution is 2.16. The van der Waals surface area contributed by atoms with Crippen molar-refractivity contribution in [3.63, 3.8) is 0 Å². The van der Waals surface area contributed by atoms with E-state index in [1.807, 2.05) is 37.4 Å². The summed E-state index contributed by atoms with van der Waals surface area (Å²) in [6, 6.07) is 8.10. The SMILES string of the molecule is Cc1ccc(C(Cc2ccncc2)NN)cn1. The molecular weight excluding hydrogens is 212 g/mol. The lowest BCUT2D eigenvalue weighted by atomic mass is 10.0. The minimum Gasteiger partial charge on any atom is -0.271 e. The Kier molecular flexibility index (Phi) is 3.80. The lowest BCUT2D eigenvalue weighted by molar-refractivity contribution is 0.550. The zero-order valence-corrected chi connectivity index (χ0v) is 9.80. The molecule has 4 heteroatoms. The number of pyridine rings is 2. The summed E-state index contributed by atoms with van der Waals surface area (Å²) in [5, 5.41) is 0. The van der Waals surface area contributed by atoms with E-state index in [0.29, 0.717) is 0 Å². The summed E-state index contributed by atoms with van der Waals surface area (Å²) in [6.07, 6.45) is 6.26. The molecule has 0 bridgehead atoms. The van der Waals surface area contributed by atoms with Crippen LogP contribution < -0.4 is 11.3 Å². The van der Waals surface area contributed by atoms with Crippen LogP contribution in [0.3, 0.4) is 0 Å². The Balaban J connectivity index is 2.14. The second-order valence-corrected chi connectivity index (χ2v) is 4.01. The van der Waals surface area contributed by atoms with Gasteiger partial charge in [0, 0.05) is 24.3 Å². The molecular formula is C13H16N4. The molecule has 0 amide bonds. The molecule has 2 aromatic rings. The Hall–Kier alpha value is -1.78. The van der Waals surface area contributed by atoms with Crippen molar-refractivity contribution in [2.45, 2.75) is 19.4 Å². The molecule has 88 valence electrons. The summed E-state index contributed by atoms with van der Waals surface area (Å²) >= 11 is 0. The van der Waals surface area contributed by atoms with Crippen molar-refractivity contribution in [2.75, 3.05) is 0 Å². The number of nitrogens with one attached hydrogen (secondary N) is 1. The fourth-order valence-electron chi connectivity index (χ4n) is 1.71. The van der Waals surface area contributed by atoms with Crippen molar-refractivity contribution >= 4 is 0 Å². The van der Waals surface area contributed by atoms with E-state index >= 15 is 0 Å². The molecule has 0 saturated heterocycles. The van der Waals surface area contributed by atoms with E-state index < -0.39 is 0 Å². The van der Waals surface area contributed by atoms with Crippen LogP contribution in [0.1, 0.15) is 22.9 Å². The summed E-state index contributed by atoms with van der Waals surface area (Å²) in [5.74, 6) is 5.60. The van der Waals surface area contributed by atoms with Gasteiger partial charge in [0.15, 0.2) is 0 Å². The van der Waals surface area contributed by atoms with E-state index in [1.54, 1.807) is 12.4 Å². The van der Waals surface area contributed by atoms with Crippen LogP contribution in [0.4, 0.5) is 0 Å². The van der Waals surface area contributed by atoms with Crippen LogP contribution >= 0.6 is 0 Å². The second-order valence-electron chi connectivity index (χ2n) is 4.01. The molecule has 17 heavy (non-hydrogen) atoms. The number of hydrazine groups is 1. The minimum atomic E-state index is 0.0745. The summed E-state index contributed by atoms with van der Waals surface area (Å²) in [7, 11) is 0. The fraction of sp³-hybridized carbons (Fsp3) is 0.231. The zero-order chi connectivity index (χ0) is 12.1. The highest BCUT2D eigenvalue weighted by molar-refractivity contribution is 5.21. The Morgan fingerprint density at radius 2 is 2.00 bits per heavy atom. The molecule has 0 aliphatic heterocycles. The van der Waals surface area contributed by atoms with Crippen LogP contribution in [0.2, 0.25) is 0 Å². The summed E-state index contributed by atoms with van der Waals surface area (Å²) < 4.78 is 0. The number of rotatable bonds is 4. The molecule has 1 atom stereocenters. The van der Waals surface area contributed by atoms with Gasteiger partial charge in [-0.1, -0.05) is 6.07 Å². The molecule has 0 radical (unpaired) electrons. The Labute approximate surface area is 101 Å². The average molecular weight is 228 g/mol. The first-order chi connectivity index (χ1) is 8.29. The van der Waals surface area contributed by atoms with E-state index in [0.717, 1.165) is 17.7 Å². The average Bonchev–Trinajstić information content (AvgIpc) is 2.38. The number of aromatic nitrogens is 2. The lowest BCUT2D eigenvalue weighted by Crippen LogP contribution is -2.29. The van der Waals surface area contributed by atoms with Crippen LogP contribution in [-0.4, -0.2) is 9.97 Å². The molecule has 1 unspecified atom stereocenters. The number of hydrogen-bond donors (Lipinski definition) is 2. The maximum absolute atomic E-state index is 5.60. The maximum atomic E-state index is 5.60. The number of nitrogens with two attached hydrogens (primary N) is 1. The molecule has 3 N–H and O–H groups in total. The quantitative estimate of drug-likeness (QED) is 0.615. The van der Waals surface area contributed by atoms with Gasteiger partial charge in [0.2, 0.25) is 0 Å². The van der Waals surface area contributed by atoms with Crippen molar-refractivity contribution in [2.24, 2.45) is 5.84 Å². The van der Waals surface area contributed by atoms with Crippen LogP contribution in [0.15, 0.2) is 42.9 Å². The van der Waals surface area contributed by atoms with Crippen molar-refractivity contribution in [3.8, 4) is 0 Å². The third kappa shape index (κ3) is 3.09. The predicted octanol–water partition coefficient (Wildman–Crippen LogP) is 1.53. The summed E-state index contributed by atoms with van der Waals surface area (Å²) in [5.41, 5.74) is 6.12. The van der Waals surface area contributed by atoms with Crippen LogP contribution in [0.5, 0.6) is 0 Å². The molecule has 2 rings (SSSR count). The van der Waals surface area contributed by atoms with Gasteiger partial charge in [-0.3, -0.25) is 21.2 Å². The number of aryl methyl sites for hydroxylation is 1. The predicted molar refractivity (Wildman–Crippen MR) is 67.0 cm³/mol. The van der Waals surface area contributed by atoms with Gasteiger partial charge < -0.3 is 0 Å². The highest BCUT2D eigenvalue weighted by Gasteiger charge is 2.10. The molecule has 0 spiro atoms. The van der Waals surface area contributed by atoms with Gasteiger partial charge in [-0.15, -0.1) is 0 Å². The van der Waals surface area contributed by atoms with E-state index in [-0.39, 0.29) is 6.04 Å². The number of hydrogen-bond acceptors (Lipinski definition) is 4. The molecule has 0 aliphatic carbocycles. The Morgan fingerprint density at radius 3 is 2.59 bits per heavy atom. The van der Waals surface area contributed by atoms with Crippen LogP contribution in [0.25, 0.3) is 0 Å². The smallest absolute Gasteiger partial charge is 0.0515 e. The van der Waals surface area contributed by atoms with Crippen molar-refractivity contribution in [3.05, 3.63) is 59.7 Å². The molecule has 2 heterocycles. The van der Waals surface area contributed by atoms with Gasteiger partial charge in [0.25, 0.3) is 0 Å². The monoisotopic (exact) mass is 228 g/mol. The topological polar surface area (TPSA) is 63.8 Å². The van der Waals surface area contributed by atoms with Crippen LogP contribution in [0, 0.1) is 6.92 Å². The third-order valence-electron chi connectivity index (χ3n) is 2.73. The second kappa shape index (κ2) is 5.52. The molecule has 0 saturated carbocycles. The fourth-order valence-corrected chi connectivity index (χ4v) is 1.71. The van der Waals surface area contributed by atoms with Gasteiger partial charge in [-0.2, -0.15) is 0 Å². The van der Waals surface area contributed by atoms with E-state index in [1.165, 1.54) is 5.56 Å². The van der Waals surface area contributed by atoms with Gasteiger partial charge >= 0.3 is 0 Å². The zero-order valence-electron chi connectivity index (χ0n) is 9.80. The molecule has 0 aromatic carbocycles. The standard InChI is InChI=1S/C13H16N4/c1-10-2-3-12(9-16-10)13(17-14)8-11-4-6-15-7-5-11/h2-7,9,13,17H,8,14H2,1H3. The van der Waals surface area contributed by atoms with Gasteiger partial charge in [0.1, 0.15) is 0 Å². The van der Waals surface area contributed by atoms with Crippen molar-refractivity contribution < 1.29 is 0 Å². The van der Waals surface area contributed by atoms with E-state index in [4.69, 9.17) is 5.84 Å². The minimum absolute atomic E-state index is 0.0745. The highest BCUT2D eigenvalue weighted by atomic mass is 15.2. The van der Waals surface area contributed by atoms with Crippen molar-refractivity contribution in [1.29, 1.82) is 0 Å². The summed E-state index contributed by atoms with van der Waals surface area (Å²) in [6.45, 7) is 1.97. The first-order valence-electron chi connectivity index (χ1n) is 5.57. The first-order valence-corrected chi connectivity index (χ1v) is 5.57. The largest absolute Gasteiger partial charge is 0.271 e. The Bertz CT molecular complexity index is 453. The van der Waals surface area contributed by atoms with Crippen molar-refractivity contribution in [1.82, 2.24) is 15.4 Å². The van der Waals surface area contributed by atoms with Crippen LogP contribution in [-0.2, 0) is 6.42 Å². The first kappa shape index (κ1) is 11.7. The van der Waals surface area contributed by atoms with Gasteiger partial charge in [-0.25, -0.2) is 0 Å². The van der Waals surface area contributed by atoms with E-state index in [2.05, 4.69) is 15.4 Å².